The van der Waals surface area contributed by atoms with Gasteiger partial charge in [0.2, 0.25) is 0 Å². The van der Waals surface area contributed by atoms with E-state index in [4.69, 9.17) is 9.47 Å². The molecule has 8 heteroatoms. The molecule has 2 N–H and O–H groups in total. The van der Waals surface area contributed by atoms with Gasteiger partial charge in [0.15, 0.2) is 0 Å². The van der Waals surface area contributed by atoms with E-state index in [0.29, 0.717) is 49.1 Å². The summed E-state index contributed by atoms with van der Waals surface area (Å²) in [4.78, 5) is 4.54. The highest BCUT2D eigenvalue weighted by Crippen LogP contribution is 2.25. The number of aryl methyl sites for hydroxylation is 1. The first kappa shape index (κ1) is 19.2. The van der Waals surface area contributed by atoms with Gasteiger partial charge in [0.25, 0.3) is 10.0 Å². The largest absolute Gasteiger partial charge is 0.490 e. The summed E-state index contributed by atoms with van der Waals surface area (Å²) in [5, 5.41) is 3.16. The van der Waals surface area contributed by atoms with Crippen molar-refractivity contribution >= 4 is 21.5 Å². The number of anilines is 1. The number of aliphatic imine (C=N–C) groups is 1. The second-order valence-electron chi connectivity index (χ2n) is 6.13. The van der Waals surface area contributed by atoms with E-state index in [2.05, 4.69) is 15.0 Å². The van der Waals surface area contributed by atoms with Crippen LogP contribution in [-0.2, 0) is 14.8 Å². The number of nitrogens with one attached hydrogen (secondary N) is 2. The molecule has 7 nitrogen and oxygen atoms in total. The molecule has 1 aliphatic rings. The van der Waals surface area contributed by atoms with Crippen LogP contribution in [0, 0.1) is 6.92 Å². The van der Waals surface area contributed by atoms with Gasteiger partial charge in [-0.05, 0) is 37.3 Å². The van der Waals surface area contributed by atoms with Gasteiger partial charge >= 0.3 is 0 Å². The summed E-state index contributed by atoms with van der Waals surface area (Å²) in [6, 6.07) is 11.9. The van der Waals surface area contributed by atoms with E-state index in [-0.39, 0.29) is 4.90 Å². The molecule has 0 bridgehead atoms. The van der Waals surface area contributed by atoms with Crippen molar-refractivity contribution in [1.29, 1.82) is 0 Å². The Bertz CT molecular complexity index is 924. The van der Waals surface area contributed by atoms with E-state index in [1.165, 1.54) is 6.07 Å². The standard InChI is InChI=1S/C19H23N3O4S/c1-14-3-5-15(6-4-14)22-27(23,24)16-7-8-18(26-12-11-25-2)17(13-16)19-20-9-10-21-19/h3-8,13,22H,9-12H2,1-2H3,(H,20,21). The zero-order valence-electron chi connectivity index (χ0n) is 15.4. The first-order valence-corrected chi connectivity index (χ1v) is 10.1. The molecule has 3 rings (SSSR count). The van der Waals surface area contributed by atoms with Gasteiger partial charge in [-0.15, -0.1) is 0 Å². The highest BCUT2D eigenvalue weighted by atomic mass is 32.2. The highest BCUT2D eigenvalue weighted by Gasteiger charge is 2.20. The van der Waals surface area contributed by atoms with Crippen molar-refractivity contribution in [3.05, 3.63) is 53.6 Å². The third kappa shape index (κ3) is 4.78. The molecule has 0 radical (unpaired) electrons. The quantitative estimate of drug-likeness (QED) is 0.676. The summed E-state index contributed by atoms with van der Waals surface area (Å²) in [6.45, 7) is 4.11. The molecule has 0 aliphatic carbocycles. The Balaban J connectivity index is 1.90. The molecule has 1 heterocycles. The fourth-order valence-electron chi connectivity index (χ4n) is 2.64. The smallest absolute Gasteiger partial charge is 0.261 e. The molecular formula is C19H23N3O4S. The van der Waals surface area contributed by atoms with Gasteiger partial charge in [0.05, 0.1) is 23.6 Å². The summed E-state index contributed by atoms with van der Waals surface area (Å²) < 4.78 is 38.9. The summed E-state index contributed by atoms with van der Waals surface area (Å²) in [6.07, 6.45) is 0. The number of hydrogen-bond donors (Lipinski definition) is 2. The molecule has 0 atom stereocenters. The van der Waals surface area contributed by atoms with Gasteiger partial charge in [-0.25, -0.2) is 8.42 Å². The Labute approximate surface area is 159 Å². The molecule has 144 valence electrons. The number of benzene rings is 2. The zero-order chi connectivity index (χ0) is 19.3. The van der Waals surface area contributed by atoms with Crippen LogP contribution in [0.3, 0.4) is 0 Å². The lowest BCUT2D eigenvalue weighted by molar-refractivity contribution is 0.146. The Morgan fingerprint density at radius 2 is 1.93 bits per heavy atom. The van der Waals surface area contributed by atoms with E-state index < -0.39 is 10.0 Å². The van der Waals surface area contributed by atoms with Crippen LogP contribution >= 0.6 is 0 Å². The second-order valence-corrected chi connectivity index (χ2v) is 7.81. The van der Waals surface area contributed by atoms with Crippen LogP contribution in [-0.4, -0.2) is 47.7 Å². The third-order valence-electron chi connectivity index (χ3n) is 4.04. The summed E-state index contributed by atoms with van der Waals surface area (Å²) in [7, 11) is -2.14. The van der Waals surface area contributed by atoms with E-state index in [1.807, 2.05) is 19.1 Å². The lowest BCUT2D eigenvalue weighted by atomic mass is 10.2. The van der Waals surface area contributed by atoms with Crippen LogP contribution in [0.1, 0.15) is 11.1 Å². The first-order chi connectivity index (χ1) is 13.0. The molecule has 1 aliphatic heterocycles. The Kier molecular flexibility index (Phi) is 5.98. The number of nitrogens with zero attached hydrogens (tertiary/aromatic N) is 1. The topological polar surface area (TPSA) is 89.0 Å². The van der Waals surface area contributed by atoms with Crippen LogP contribution in [0.25, 0.3) is 0 Å². The molecular weight excluding hydrogens is 366 g/mol. The number of hydrogen-bond acceptors (Lipinski definition) is 6. The highest BCUT2D eigenvalue weighted by molar-refractivity contribution is 7.92. The predicted molar refractivity (Wildman–Crippen MR) is 105 cm³/mol. The monoisotopic (exact) mass is 389 g/mol. The molecule has 27 heavy (non-hydrogen) atoms. The maximum atomic E-state index is 12.8. The number of ether oxygens (including phenoxy) is 2. The summed E-state index contributed by atoms with van der Waals surface area (Å²) in [5.74, 6) is 1.20. The lowest BCUT2D eigenvalue weighted by Crippen LogP contribution is -2.22. The predicted octanol–water partition coefficient (Wildman–Crippen LogP) is 2.17. The van der Waals surface area contributed by atoms with Crippen LogP contribution in [0.15, 0.2) is 52.4 Å². The number of amidine groups is 1. The van der Waals surface area contributed by atoms with Crippen molar-refractivity contribution < 1.29 is 17.9 Å². The van der Waals surface area contributed by atoms with Crippen LogP contribution in [0.2, 0.25) is 0 Å². The minimum absolute atomic E-state index is 0.147. The minimum Gasteiger partial charge on any atom is -0.490 e. The summed E-state index contributed by atoms with van der Waals surface area (Å²) in [5.41, 5.74) is 2.19. The normalized spacial score (nSPS) is 13.8. The maximum Gasteiger partial charge on any atom is 0.261 e. The molecule has 0 saturated heterocycles. The van der Waals surface area contributed by atoms with Crippen molar-refractivity contribution in [2.24, 2.45) is 4.99 Å². The SMILES string of the molecule is COCCOc1ccc(S(=O)(=O)Nc2ccc(C)cc2)cc1C1=NCCN1. The fourth-order valence-corrected chi connectivity index (χ4v) is 3.72. The average Bonchev–Trinajstić information content (AvgIpc) is 3.18. The van der Waals surface area contributed by atoms with Gasteiger partial charge in [-0.2, -0.15) is 0 Å². The molecule has 0 spiro atoms. The first-order valence-electron chi connectivity index (χ1n) is 8.63. The molecule has 0 unspecified atom stereocenters. The summed E-state index contributed by atoms with van der Waals surface area (Å²) >= 11 is 0. The van der Waals surface area contributed by atoms with E-state index in [1.54, 1.807) is 31.4 Å². The molecule has 0 aromatic heterocycles. The molecule has 2 aromatic rings. The van der Waals surface area contributed by atoms with Crippen molar-refractivity contribution in [2.45, 2.75) is 11.8 Å². The minimum atomic E-state index is -3.73. The third-order valence-corrected chi connectivity index (χ3v) is 5.42. The number of sulfonamides is 1. The van der Waals surface area contributed by atoms with Crippen LogP contribution in [0.5, 0.6) is 5.75 Å². The van der Waals surface area contributed by atoms with E-state index in [0.717, 1.165) is 5.56 Å². The fraction of sp³-hybridized carbons (Fsp3) is 0.316. The average molecular weight is 389 g/mol. The number of rotatable bonds is 8. The van der Waals surface area contributed by atoms with Gasteiger partial charge in [-0.3, -0.25) is 9.71 Å². The Hall–Kier alpha value is -2.58. The maximum absolute atomic E-state index is 12.8. The van der Waals surface area contributed by atoms with Crippen LogP contribution in [0.4, 0.5) is 5.69 Å². The molecule has 0 amide bonds. The molecule has 0 fully saturated rings. The van der Waals surface area contributed by atoms with Gasteiger partial charge in [0.1, 0.15) is 18.2 Å². The Morgan fingerprint density at radius 1 is 1.15 bits per heavy atom. The van der Waals surface area contributed by atoms with Crippen LogP contribution < -0.4 is 14.8 Å². The lowest BCUT2D eigenvalue weighted by Gasteiger charge is -2.14. The van der Waals surface area contributed by atoms with Crippen molar-refractivity contribution in [2.75, 3.05) is 38.1 Å². The van der Waals surface area contributed by atoms with E-state index in [9.17, 15) is 8.42 Å². The van der Waals surface area contributed by atoms with E-state index >= 15 is 0 Å². The molecule has 0 saturated carbocycles. The van der Waals surface area contributed by atoms with Crippen molar-refractivity contribution in [3.63, 3.8) is 0 Å². The Morgan fingerprint density at radius 3 is 2.59 bits per heavy atom. The molecule has 2 aromatic carbocycles. The zero-order valence-corrected chi connectivity index (χ0v) is 16.2. The van der Waals surface area contributed by atoms with Gasteiger partial charge in [0, 0.05) is 19.3 Å². The van der Waals surface area contributed by atoms with Gasteiger partial charge < -0.3 is 14.8 Å². The second kappa shape index (κ2) is 8.41. The van der Waals surface area contributed by atoms with Crippen molar-refractivity contribution in [1.82, 2.24) is 5.32 Å². The number of methoxy groups -OCH3 is 1. The van der Waals surface area contributed by atoms with Crippen molar-refractivity contribution in [3.8, 4) is 5.75 Å². The van der Waals surface area contributed by atoms with Gasteiger partial charge in [-0.1, -0.05) is 17.7 Å².